The average Bonchev–Trinajstić information content (AvgIpc) is 3.03. The van der Waals surface area contributed by atoms with Gasteiger partial charge in [0.05, 0.1) is 21.0 Å². The zero-order valence-corrected chi connectivity index (χ0v) is 37.8. The Kier molecular flexibility index (Phi) is 13.5. The van der Waals surface area contributed by atoms with Gasteiger partial charge < -0.3 is 9.84 Å². The Morgan fingerprint density at radius 3 is 2.10 bits per heavy atom. The van der Waals surface area contributed by atoms with E-state index in [4.69, 9.17) is 11.1 Å². The van der Waals surface area contributed by atoms with Crippen LogP contribution in [-0.4, -0.2) is 23.9 Å². The molecule has 6 heteroatoms. The van der Waals surface area contributed by atoms with Gasteiger partial charge in [0.2, 0.25) is 0 Å². The molecule has 4 aromatic rings. The van der Waals surface area contributed by atoms with Crippen molar-refractivity contribution in [1.29, 1.82) is 0 Å². The number of hydrogen-bond acceptors (Lipinski definition) is 4. The zero-order chi connectivity index (χ0) is 39.0. The molecule has 0 saturated carbocycles. The molecule has 0 unspecified atom stereocenters. The molecule has 0 fully saturated rings. The van der Waals surface area contributed by atoms with Crippen LogP contribution in [0.4, 0.5) is 0 Å². The van der Waals surface area contributed by atoms with Crippen LogP contribution in [0.25, 0.3) is 32.8 Å². The van der Waals surface area contributed by atoms with E-state index in [2.05, 4.69) is 97.6 Å². The van der Waals surface area contributed by atoms with Gasteiger partial charge in [-0.1, -0.05) is 141 Å². The molecule has 1 aliphatic rings. The molecule has 285 valence electrons. The third-order valence-electron chi connectivity index (χ3n) is 10.5. The Morgan fingerprint density at radius 1 is 0.942 bits per heavy atom. The first kappa shape index (κ1) is 42.0. The van der Waals surface area contributed by atoms with Crippen molar-refractivity contribution in [2.45, 2.75) is 134 Å². The monoisotopic (exact) mass is 900 g/mol. The number of aromatic nitrogens is 1. The molecular weight excluding hydrogens is 835 g/mol. The molecule has 1 N–H and O–H groups in total. The van der Waals surface area contributed by atoms with Crippen molar-refractivity contribution >= 4 is 40.6 Å². The molecule has 3 aromatic carbocycles. The maximum atomic E-state index is 12.0. The van der Waals surface area contributed by atoms with Gasteiger partial charge in [-0.05, 0) is 66.9 Å². The number of aliphatic hydroxyl groups excluding tert-OH is 1. The summed E-state index contributed by atoms with van der Waals surface area (Å²) in [5.74, 6) is 2.17. The van der Waals surface area contributed by atoms with Gasteiger partial charge in [-0.3, -0.25) is 9.78 Å². The Hall–Kier alpha value is -2.79. The number of ether oxygens (including phenoxy) is 1. The van der Waals surface area contributed by atoms with Crippen molar-refractivity contribution in [3.05, 3.63) is 71.6 Å². The van der Waals surface area contributed by atoms with Gasteiger partial charge in [0.15, 0.2) is 5.78 Å². The van der Waals surface area contributed by atoms with E-state index in [1.165, 1.54) is 27.8 Å². The zero-order valence-electron chi connectivity index (χ0n) is 35.4. The summed E-state index contributed by atoms with van der Waals surface area (Å²) in [5.41, 5.74) is 4.21. The standard InChI is InChI=1S/C32H38NOSi.C14H26O2.Ir/c1-31(2,3)18-20-10-11-24-22(14-20)16-25-29-28-21(12-13-33-29)15-23(35(7,8)9)17-27(28)34-30(25)26(24)19-32(4,5)6;1-6-11(7-2)12(15)10-13(16)14(5,8-3)9-4;/h10-15,17H,18-19H2,1-9H3;10-11,15H,6-9H2,1-5H3;/q-1;;/b;12-10-;/i13D;;. The quantitative estimate of drug-likeness (QED) is 0.0657. The van der Waals surface area contributed by atoms with E-state index >= 15 is 0 Å². The van der Waals surface area contributed by atoms with Gasteiger partial charge in [-0.15, -0.1) is 17.5 Å². The SMILES string of the molecule is CCC(CC)/C(O)=C/C(=O)C(C)(CC)CC.[2H]c1cc2cc([Si](C)(C)C)cc3c2c(n1)-c1[c-]c2cc(CC(C)(C)C)ccc2c(CC(C)(C)C)c1O3.[Ir]. The number of fused-ring (bicyclic) bond motifs is 3. The van der Waals surface area contributed by atoms with E-state index < -0.39 is 8.07 Å². The number of rotatable bonds is 10. The van der Waals surface area contributed by atoms with Crippen molar-refractivity contribution in [2.75, 3.05) is 0 Å². The van der Waals surface area contributed by atoms with Crippen molar-refractivity contribution in [3.63, 3.8) is 0 Å². The first-order valence-corrected chi connectivity index (χ1v) is 22.6. The summed E-state index contributed by atoms with van der Waals surface area (Å²) in [6.07, 6.45) is 7.01. The fourth-order valence-corrected chi connectivity index (χ4v) is 8.05. The van der Waals surface area contributed by atoms with Crippen molar-refractivity contribution < 1.29 is 36.1 Å². The molecule has 1 aromatic heterocycles. The summed E-state index contributed by atoms with van der Waals surface area (Å²) in [7, 11) is -1.59. The minimum Gasteiger partial charge on any atom is -0.512 e. The van der Waals surface area contributed by atoms with Crippen LogP contribution in [0.3, 0.4) is 0 Å². The van der Waals surface area contributed by atoms with Gasteiger partial charge in [0.25, 0.3) is 0 Å². The second-order valence-corrected chi connectivity index (χ2v) is 23.5. The average molecular weight is 900 g/mol. The first-order valence-electron chi connectivity index (χ1n) is 19.6. The van der Waals surface area contributed by atoms with E-state index in [-0.39, 0.29) is 60.0 Å². The number of carbonyl (C=O) groups is 1. The van der Waals surface area contributed by atoms with Gasteiger partial charge >= 0.3 is 0 Å². The molecule has 1 radical (unpaired) electrons. The predicted octanol–water partition coefficient (Wildman–Crippen LogP) is 12.9. The summed E-state index contributed by atoms with van der Waals surface area (Å²) in [6, 6.07) is 16.9. The molecule has 0 amide bonds. The number of allylic oxidation sites excluding steroid dienone is 2. The number of pyridine rings is 1. The van der Waals surface area contributed by atoms with Crippen LogP contribution in [0, 0.1) is 28.2 Å². The number of carbonyl (C=O) groups excluding carboxylic acids is 1. The van der Waals surface area contributed by atoms with Gasteiger partial charge in [0.1, 0.15) is 5.75 Å². The molecule has 52 heavy (non-hydrogen) atoms. The Morgan fingerprint density at radius 2 is 1.56 bits per heavy atom. The smallest absolute Gasteiger partial charge is 0.164 e. The molecule has 1 aliphatic heterocycles. The second kappa shape index (κ2) is 16.7. The molecule has 4 nitrogen and oxygen atoms in total. The normalized spacial score (nSPS) is 13.6. The predicted molar refractivity (Wildman–Crippen MR) is 221 cm³/mol. The topological polar surface area (TPSA) is 59.4 Å². The molecule has 0 saturated heterocycles. The third kappa shape index (κ3) is 10.0. The Labute approximate surface area is 331 Å². The van der Waals surface area contributed by atoms with Crippen LogP contribution >= 0.6 is 0 Å². The molecule has 0 spiro atoms. The van der Waals surface area contributed by atoms with Crippen molar-refractivity contribution in [2.24, 2.45) is 22.2 Å². The van der Waals surface area contributed by atoms with E-state index in [0.717, 1.165) is 77.4 Å². The van der Waals surface area contributed by atoms with Crippen molar-refractivity contribution in [1.82, 2.24) is 4.98 Å². The van der Waals surface area contributed by atoms with Gasteiger partial charge in [-0.2, -0.15) is 0 Å². The van der Waals surface area contributed by atoms with E-state index in [0.29, 0.717) is 0 Å². The van der Waals surface area contributed by atoms with Crippen LogP contribution in [0.2, 0.25) is 19.6 Å². The molecule has 0 aliphatic carbocycles. The van der Waals surface area contributed by atoms with Crippen LogP contribution in [-0.2, 0) is 37.7 Å². The first-order chi connectivity index (χ1) is 24.0. The van der Waals surface area contributed by atoms with E-state index in [1.54, 1.807) is 0 Å². The summed E-state index contributed by atoms with van der Waals surface area (Å²) in [5, 5.41) is 15.6. The van der Waals surface area contributed by atoms with Crippen LogP contribution in [0.1, 0.15) is 114 Å². The fraction of sp³-hybridized carbons (Fsp3) is 0.522. The van der Waals surface area contributed by atoms with E-state index in [1.807, 2.05) is 40.7 Å². The third-order valence-corrected chi connectivity index (χ3v) is 12.6. The van der Waals surface area contributed by atoms with Crippen molar-refractivity contribution in [3.8, 4) is 22.8 Å². The minimum atomic E-state index is -1.59. The molecular formula is C46H64IrNO3Si-. The second-order valence-electron chi connectivity index (χ2n) is 18.4. The van der Waals surface area contributed by atoms with Gasteiger partial charge in [0, 0.05) is 54.8 Å². The largest absolute Gasteiger partial charge is 0.512 e. The Bertz CT molecular complexity index is 1970. The Balaban J connectivity index is 0.000000379. The number of benzene rings is 3. The molecule has 2 heterocycles. The molecule has 5 rings (SSSR count). The van der Waals surface area contributed by atoms with Crippen LogP contribution in [0.15, 0.2) is 54.4 Å². The summed E-state index contributed by atoms with van der Waals surface area (Å²) >= 11 is 0. The maximum absolute atomic E-state index is 12.0. The fourth-order valence-electron chi connectivity index (χ4n) is 6.89. The van der Waals surface area contributed by atoms with E-state index in [9.17, 15) is 9.90 Å². The van der Waals surface area contributed by atoms with Gasteiger partial charge in [-0.25, -0.2) is 0 Å². The number of nitrogens with zero attached hydrogens (tertiary/aromatic N) is 1. The minimum absolute atomic E-state index is 0. The number of aliphatic hydroxyl groups is 1. The maximum Gasteiger partial charge on any atom is 0.164 e. The summed E-state index contributed by atoms with van der Waals surface area (Å²) in [4.78, 5) is 16.8. The number of hydrogen-bond donors (Lipinski definition) is 1. The summed E-state index contributed by atoms with van der Waals surface area (Å²) in [6.45, 7) is 30.8. The molecule has 0 bridgehead atoms. The number of ketones is 1. The summed E-state index contributed by atoms with van der Waals surface area (Å²) < 4.78 is 15.3. The molecule has 0 atom stereocenters. The van der Waals surface area contributed by atoms with Crippen LogP contribution in [0.5, 0.6) is 11.5 Å². The van der Waals surface area contributed by atoms with Crippen LogP contribution < -0.4 is 9.92 Å².